The van der Waals surface area contributed by atoms with Crippen molar-refractivity contribution >= 4 is 72.5 Å². The first-order valence-corrected chi connectivity index (χ1v) is 12.7. The summed E-state index contributed by atoms with van der Waals surface area (Å²) in [4.78, 5) is 45.6. The molecule has 1 aromatic heterocycles. The topological polar surface area (TPSA) is 130 Å². The van der Waals surface area contributed by atoms with Gasteiger partial charge in [0.05, 0.1) is 24.4 Å². The van der Waals surface area contributed by atoms with Gasteiger partial charge in [-0.05, 0) is 56.8 Å². The minimum Gasteiger partial charge on any atom is -0.447 e. The predicted molar refractivity (Wildman–Crippen MR) is 165 cm³/mol. The van der Waals surface area contributed by atoms with Crippen LogP contribution in [0.2, 0.25) is 0 Å². The highest BCUT2D eigenvalue weighted by molar-refractivity contribution is 6.35. The normalized spacial score (nSPS) is 12.7. The third kappa shape index (κ3) is 9.42. The molecule has 0 spiro atoms. The summed E-state index contributed by atoms with van der Waals surface area (Å²) in [7, 11) is 0. The Morgan fingerprint density at radius 2 is 1.73 bits per heavy atom. The van der Waals surface area contributed by atoms with Gasteiger partial charge in [0.1, 0.15) is 12.4 Å². The summed E-state index contributed by atoms with van der Waals surface area (Å²) in [6.45, 7) is 10.5. The number of nitrogens with zero attached hydrogens (tertiary/aromatic N) is 2. The number of aromatic amines is 1. The molecule has 41 heavy (non-hydrogen) atoms. The molecule has 0 saturated heterocycles. The standard InChI is InChI=1S/C27H36FN5O5.3ClH/c1-5-32(6-2)10-11-33(27(36)38-14-13-37-12-9-29)26(35)24-17(3)23(30-18(24)4)16-21-20-15-19(28)7-8-22(20)31-25(21)34;;;/h7-8,15-16,30H,5-6,9-14,29H2,1-4H3,(H,31,34);3*1H/b21-16-;;;. The maximum Gasteiger partial charge on any atom is 0.416 e. The number of amides is 3. The number of aromatic nitrogens is 1. The van der Waals surface area contributed by atoms with Crippen LogP contribution in [0.25, 0.3) is 11.6 Å². The predicted octanol–water partition coefficient (Wildman–Crippen LogP) is 4.42. The van der Waals surface area contributed by atoms with Crippen LogP contribution in [0.15, 0.2) is 18.2 Å². The SMILES string of the molecule is CCN(CC)CCN(C(=O)OCCOCCN)C(=O)c1c(C)[nH]c(/C=C2\C(=O)Nc3ccc(F)cc32)c1C.Cl.Cl.Cl. The molecular weight excluding hydrogens is 600 g/mol. The van der Waals surface area contributed by atoms with Gasteiger partial charge in [-0.25, -0.2) is 14.1 Å². The smallest absolute Gasteiger partial charge is 0.416 e. The summed E-state index contributed by atoms with van der Waals surface area (Å²) in [6.07, 6.45) is 0.825. The number of hydrogen-bond donors (Lipinski definition) is 3. The van der Waals surface area contributed by atoms with Crippen molar-refractivity contribution in [3.8, 4) is 0 Å². The highest BCUT2D eigenvalue weighted by atomic mass is 35.5. The average molecular weight is 639 g/mol. The van der Waals surface area contributed by atoms with E-state index in [1.54, 1.807) is 19.9 Å². The van der Waals surface area contributed by atoms with E-state index in [-0.39, 0.29) is 68.5 Å². The monoisotopic (exact) mass is 637 g/mol. The van der Waals surface area contributed by atoms with Crippen molar-refractivity contribution < 1.29 is 28.2 Å². The number of benzene rings is 1. The number of nitrogens with one attached hydrogen (secondary N) is 2. The number of rotatable bonds is 12. The van der Waals surface area contributed by atoms with Crippen LogP contribution in [0.5, 0.6) is 0 Å². The maximum atomic E-state index is 13.9. The summed E-state index contributed by atoms with van der Waals surface area (Å²) in [6, 6.07) is 4.07. The molecule has 0 aliphatic carbocycles. The van der Waals surface area contributed by atoms with E-state index in [4.69, 9.17) is 15.2 Å². The summed E-state index contributed by atoms with van der Waals surface area (Å²) in [5.41, 5.74) is 8.55. The van der Waals surface area contributed by atoms with Crippen molar-refractivity contribution in [2.24, 2.45) is 5.73 Å². The molecule has 1 aromatic carbocycles. The molecule has 0 fully saturated rings. The Morgan fingerprint density at radius 1 is 1.05 bits per heavy atom. The first-order chi connectivity index (χ1) is 18.2. The Morgan fingerprint density at radius 3 is 2.37 bits per heavy atom. The minimum atomic E-state index is -0.766. The van der Waals surface area contributed by atoms with Crippen molar-refractivity contribution in [3.63, 3.8) is 0 Å². The molecule has 10 nitrogen and oxygen atoms in total. The molecule has 2 aromatic rings. The number of carbonyl (C=O) groups is 3. The number of imide groups is 1. The van der Waals surface area contributed by atoms with Crippen LogP contribution in [0.4, 0.5) is 14.9 Å². The van der Waals surface area contributed by atoms with E-state index in [2.05, 4.69) is 15.2 Å². The first kappa shape index (κ1) is 38.3. The maximum absolute atomic E-state index is 13.9. The third-order valence-corrected chi connectivity index (χ3v) is 6.46. The molecule has 0 unspecified atom stereocenters. The van der Waals surface area contributed by atoms with Crippen LogP contribution < -0.4 is 11.1 Å². The largest absolute Gasteiger partial charge is 0.447 e. The Kier molecular flexibility index (Phi) is 16.8. The van der Waals surface area contributed by atoms with Gasteiger partial charge in [-0.1, -0.05) is 13.8 Å². The van der Waals surface area contributed by atoms with Crippen LogP contribution in [-0.2, 0) is 14.3 Å². The van der Waals surface area contributed by atoms with E-state index < -0.39 is 17.8 Å². The van der Waals surface area contributed by atoms with Gasteiger partial charge in [0.25, 0.3) is 11.8 Å². The second-order valence-corrected chi connectivity index (χ2v) is 8.86. The van der Waals surface area contributed by atoms with Gasteiger partial charge in [-0.2, -0.15) is 0 Å². The van der Waals surface area contributed by atoms with Gasteiger partial charge in [-0.15, -0.1) is 37.2 Å². The molecular formula is C27H39Cl3FN5O5. The Labute approximate surface area is 258 Å². The molecule has 0 atom stereocenters. The molecule has 14 heteroatoms. The number of fused-ring (bicyclic) bond motifs is 1. The number of aryl methyl sites for hydroxylation is 1. The zero-order valence-electron chi connectivity index (χ0n) is 23.6. The number of H-pyrrole nitrogens is 1. The van der Waals surface area contributed by atoms with E-state index in [0.29, 0.717) is 53.5 Å². The van der Waals surface area contributed by atoms with Gasteiger partial charge in [0, 0.05) is 42.3 Å². The van der Waals surface area contributed by atoms with E-state index >= 15 is 0 Å². The first-order valence-electron chi connectivity index (χ1n) is 12.7. The van der Waals surface area contributed by atoms with Crippen LogP contribution in [0.3, 0.4) is 0 Å². The minimum absolute atomic E-state index is 0. The zero-order chi connectivity index (χ0) is 27.8. The fourth-order valence-electron chi connectivity index (χ4n) is 4.33. The quantitative estimate of drug-likeness (QED) is 0.232. The molecule has 3 rings (SSSR count). The lowest BCUT2D eigenvalue weighted by Gasteiger charge is -2.25. The second kappa shape index (κ2) is 18.0. The number of halogens is 4. The summed E-state index contributed by atoms with van der Waals surface area (Å²) < 4.78 is 24.4. The van der Waals surface area contributed by atoms with Gasteiger partial charge in [0.15, 0.2) is 0 Å². The zero-order valence-corrected chi connectivity index (χ0v) is 26.0. The molecule has 4 N–H and O–H groups in total. The molecule has 0 saturated carbocycles. The summed E-state index contributed by atoms with van der Waals surface area (Å²) >= 11 is 0. The fraction of sp³-hybridized carbons (Fsp3) is 0.444. The molecule has 0 bridgehead atoms. The number of anilines is 1. The summed E-state index contributed by atoms with van der Waals surface area (Å²) in [5, 5.41) is 2.72. The van der Waals surface area contributed by atoms with Crippen LogP contribution in [-0.4, -0.2) is 85.2 Å². The van der Waals surface area contributed by atoms with E-state index in [0.717, 1.165) is 18.0 Å². The third-order valence-electron chi connectivity index (χ3n) is 6.46. The highest BCUT2D eigenvalue weighted by Gasteiger charge is 2.30. The van der Waals surface area contributed by atoms with Crippen LogP contribution in [0.1, 0.15) is 46.7 Å². The lowest BCUT2D eigenvalue weighted by molar-refractivity contribution is -0.110. The van der Waals surface area contributed by atoms with E-state index in [1.165, 1.54) is 18.2 Å². The van der Waals surface area contributed by atoms with Gasteiger partial charge in [0.2, 0.25) is 0 Å². The van der Waals surface area contributed by atoms with Gasteiger partial charge < -0.3 is 30.4 Å². The fourth-order valence-corrected chi connectivity index (χ4v) is 4.33. The van der Waals surface area contributed by atoms with Crippen LogP contribution in [0, 0.1) is 19.7 Å². The van der Waals surface area contributed by atoms with Crippen molar-refractivity contribution in [2.75, 3.05) is 57.9 Å². The number of likely N-dealkylation sites (N-methyl/N-ethyl adjacent to an activating group) is 1. The molecule has 2 heterocycles. The molecule has 0 radical (unpaired) electrons. The molecule has 1 aliphatic heterocycles. The van der Waals surface area contributed by atoms with Crippen molar-refractivity contribution in [1.29, 1.82) is 0 Å². The van der Waals surface area contributed by atoms with E-state index in [9.17, 15) is 18.8 Å². The molecule has 230 valence electrons. The highest BCUT2D eigenvalue weighted by Crippen LogP contribution is 2.34. The van der Waals surface area contributed by atoms with Crippen LogP contribution >= 0.6 is 37.2 Å². The Bertz CT molecular complexity index is 1220. The van der Waals surface area contributed by atoms with Crippen molar-refractivity contribution in [2.45, 2.75) is 27.7 Å². The van der Waals surface area contributed by atoms with Crippen molar-refractivity contribution in [1.82, 2.24) is 14.8 Å². The van der Waals surface area contributed by atoms with Crippen molar-refractivity contribution in [3.05, 3.63) is 52.1 Å². The Balaban J connectivity index is 0.00000533. The average Bonchev–Trinajstić information content (AvgIpc) is 3.35. The van der Waals surface area contributed by atoms with Gasteiger partial charge >= 0.3 is 6.09 Å². The lowest BCUT2D eigenvalue weighted by Crippen LogP contribution is -2.43. The Hall–Kier alpha value is -2.67. The number of ether oxygens (including phenoxy) is 2. The van der Waals surface area contributed by atoms with E-state index in [1.807, 2.05) is 13.8 Å². The van der Waals surface area contributed by atoms with Gasteiger partial charge in [-0.3, -0.25) is 9.59 Å². The number of nitrogens with two attached hydrogens (primary N) is 1. The second-order valence-electron chi connectivity index (χ2n) is 8.86. The molecule has 1 aliphatic rings. The molecule has 3 amide bonds. The lowest BCUT2D eigenvalue weighted by atomic mass is 10.0. The number of hydrogen-bond acceptors (Lipinski definition) is 7. The number of carbonyl (C=O) groups excluding carboxylic acids is 3. The summed E-state index contributed by atoms with van der Waals surface area (Å²) in [5.74, 6) is -1.34.